The molecule has 0 atom stereocenters. The summed E-state index contributed by atoms with van der Waals surface area (Å²) in [5.74, 6) is 1.30. The van der Waals surface area contributed by atoms with E-state index in [-0.39, 0.29) is 5.41 Å². The monoisotopic (exact) mass is 338 g/mol. The lowest BCUT2D eigenvalue weighted by atomic mass is 9.88. The maximum absolute atomic E-state index is 11.8. The second-order valence-corrected chi connectivity index (χ2v) is 9.20. The zero-order valence-electron chi connectivity index (χ0n) is 17.6. The lowest BCUT2D eigenvalue weighted by Gasteiger charge is -2.16. The zero-order chi connectivity index (χ0) is 18.3. The molecule has 0 unspecified atom stereocenters. The van der Waals surface area contributed by atoms with E-state index in [0.717, 1.165) is 18.8 Å². The molecule has 0 radical (unpaired) electrons. The smallest absolute Gasteiger partial charge is 0.138 e. The Labute approximate surface area is 153 Å². The summed E-state index contributed by atoms with van der Waals surface area (Å²) >= 11 is 0. The molecule has 24 heavy (non-hydrogen) atoms. The fraction of sp³-hybridized carbons (Fsp3) is 0.957. The van der Waals surface area contributed by atoms with Crippen LogP contribution in [0.5, 0.6) is 0 Å². The normalized spacial score (nSPS) is 12.1. The van der Waals surface area contributed by atoms with E-state index in [9.17, 15) is 4.79 Å². The van der Waals surface area contributed by atoms with Crippen molar-refractivity contribution in [2.75, 3.05) is 0 Å². The predicted octanol–water partition coefficient (Wildman–Crippen LogP) is 8.11. The number of hydrogen-bond donors (Lipinski definition) is 0. The number of rotatable bonds is 16. The lowest BCUT2D eigenvalue weighted by Crippen LogP contribution is -2.19. The Morgan fingerprint density at radius 3 is 1.29 bits per heavy atom. The van der Waals surface area contributed by atoms with E-state index < -0.39 is 0 Å². The van der Waals surface area contributed by atoms with Crippen molar-refractivity contribution in [3.05, 3.63) is 0 Å². The predicted molar refractivity (Wildman–Crippen MR) is 109 cm³/mol. The van der Waals surface area contributed by atoms with Gasteiger partial charge in [-0.15, -0.1) is 0 Å². The van der Waals surface area contributed by atoms with Gasteiger partial charge in [-0.1, -0.05) is 118 Å². The van der Waals surface area contributed by atoms with Crippen LogP contribution in [0.1, 0.15) is 131 Å². The maximum Gasteiger partial charge on any atom is 0.138 e. The average molecular weight is 339 g/mol. The molecule has 1 nitrogen and oxygen atoms in total. The number of unbranched alkanes of at least 4 members (excludes halogenated alkanes) is 12. The SMILES string of the molecule is CC(C)CCCCCCCCCCCCCCCC(=O)C(C)(C)C. The molecule has 0 amide bonds. The summed E-state index contributed by atoms with van der Waals surface area (Å²) in [5.41, 5.74) is -0.144. The molecule has 0 aromatic carbocycles. The number of hydrogen-bond acceptors (Lipinski definition) is 1. The number of ketones is 1. The third-order valence-corrected chi connectivity index (χ3v) is 5.02. The van der Waals surface area contributed by atoms with Gasteiger partial charge in [0.15, 0.2) is 0 Å². The molecule has 0 aliphatic rings. The standard InChI is InChI=1S/C23H46O/c1-21(2)19-17-15-13-11-9-7-6-8-10-12-14-16-18-20-22(24)23(3,4)5/h21H,6-20H2,1-5H3. The van der Waals surface area contributed by atoms with Crippen LogP contribution in [0.25, 0.3) is 0 Å². The van der Waals surface area contributed by atoms with Gasteiger partial charge in [-0.05, 0) is 12.3 Å². The Balaban J connectivity index is 3.14. The Hall–Kier alpha value is -0.330. The van der Waals surface area contributed by atoms with Crippen LogP contribution in [0.3, 0.4) is 0 Å². The number of carbonyl (C=O) groups excluding carboxylic acids is 1. The summed E-state index contributed by atoms with van der Waals surface area (Å²) in [6.45, 7) is 10.7. The van der Waals surface area contributed by atoms with Gasteiger partial charge in [-0.3, -0.25) is 4.79 Å². The average Bonchev–Trinajstić information content (AvgIpc) is 2.49. The molecule has 0 aliphatic carbocycles. The Morgan fingerprint density at radius 2 is 0.958 bits per heavy atom. The molecule has 0 fully saturated rings. The molecule has 0 spiro atoms. The minimum Gasteiger partial charge on any atom is -0.299 e. The number of carbonyl (C=O) groups is 1. The van der Waals surface area contributed by atoms with E-state index in [1.54, 1.807) is 0 Å². The molecule has 0 saturated carbocycles. The van der Waals surface area contributed by atoms with Gasteiger partial charge in [0.25, 0.3) is 0 Å². The van der Waals surface area contributed by atoms with Crippen LogP contribution in [-0.2, 0) is 4.79 Å². The zero-order valence-corrected chi connectivity index (χ0v) is 17.6. The molecule has 0 aromatic rings. The van der Waals surface area contributed by atoms with Gasteiger partial charge < -0.3 is 0 Å². The van der Waals surface area contributed by atoms with Crippen molar-refractivity contribution in [3.63, 3.8) is 0 Å². The van der Waals surface area contributed by atoms with Gasteiger partial charge in [-0.2, -0.15) is 0 Å². The highest BCUT2D eigenvalue weighted by Crippen LogP contribution is 2.19. The summed E-state index contributed by atoms with van der Waals surface area (Å²) < 4.78 is 0. The molecule has 1 heteroatoms. The molecule has 0 aliphatic heterocycles. The molecule has 0 aromatic heterocycles. The third kappa shape index (κ3) is 16.5. The minimum atomic E-state index is -0.144. The van der Waals surface area contributed by atoms with Gasteiger partial charge >= 0.3 is 0 Å². The van der Waals surface area contributed by atoms with Crippen LogP contribution >= 0.6 is 0 Å². The Morgan fingerprint density at radius 1 is 0.625 bits per heavy atom. The fourth-order valence-corrected chi connectivity index (χ4v) is 3.16. The molecule has 0 N–H and O–H groups in total. The molecular weight excluding hydrogens is 292 g/mol. The quantitative estimate of drug-likeness (QED) is 0.260. The molecule has 0 rings (SSSR count). The molecular formula is C23H46O. The minimum absolute atomic E-state index is 0.144. The fourth-order valence-electron chi connectivity index (χ4n) is 3.16. The highest BCUT2D eigenvalue weighted by atomic mass is 16.1. The summed E-state index contributed by atoms with van der Waals surface area (Å²) in [6.07, 6.45) is 20.0. The summed E-state index contributed by atoms with van der Waals surface area (Å²) in [4.78, 5) is 11.8. The van der Waals surface area contributed by atoms with Crippen molar-refractivity contribution in [1.29, 1.82) is 0 Å². The van der Waals surface area contributed by atoms with Crippen molar-refractivity contribution in [2.45, 2.75) is 131 Å². The van der Waals surface area contributed by atoms with E-state index in [4.69, 9.17) is 0 Å². The van der Waals surface area contributed by atoms with E-state index in [1.807, 2.05) is 20.8 Å². The van der Waals surface area contributed by atoms with Crippen molar-refractivity contribution >= 4 is 5.78 Å². The molecule has 144 valence electrons. The van der Waals surface area contributed by atoms with Gasteiger partial charge in [0.05, 0.1) is 0 Å². The summed E-state index contributed by atoms with van der Waals surface area (Å²) in [7, 11) is 0. The first-order valence-corrected chi connectivity index (χ1v) is 10.9. The molecule has 0 bridgehead atoms. The van der Waals surface area contributed by atoms with E-state index in [0.29, 0.717) is 5.78 Å². The van der Waals surface area contributed by atoms with Crippen molar-refractivity contribution in [2.24, 2.45) is 11.3 Å². The molecule has 0 heterocycles. The van der Waals surface area contributed by atoms with E-state index >= 15 is 0 Å². The summed E-state index contributed by atoms with van der Waals surface area (Å²) in [5, 5.41) is 0. The topological polar surface area (TPSA) is 17.1 Å². The highest BCUT2D eigenvalue weighted by molar-refractivity contribution is 5.83. The van der Waals surface area contributed by atoms with Crippen molar-refractivity contribution in [3.8, 4) is 0 Å². The summed E-state index contributed by atoms with van der Waals surface area (Å²) in [6, 6.07) is 0. The van der Waals surface area contributed by atoms with Crippen LogP contribution in [0.15, 0.2) is 0 Å². The van der Waals surface area contributed by atoms with Gasteiger partial charge in [-0.25, -0.2) is 0 Å². The van der Waals surface area contributed by atoms with Crippen LogP contribution < -0.4 is 0 Å². The van der Waals surface area contributed by atoms with Crippen molar-refractivity contribution < 1.29 is 4.79 Å². The Bertz CT molecular complexity index is 285. The molecule has 0 saturated heterocycles. The lowest BCUT2D eigenvalue weighted by molar-refractivity contribution is -0.126. The van der Waals surface area contributed by atoms with Crippen LogP contribution in [0.2, 0.25) is 0 Å². The first-order valence-electron chi connectivity index (χ1n) is 10.9. The van der Waals surface area contributed by atoms with Crippen molar-refractivity contribution in [1.82, 2.24) is 0 Å². The third-order valence-electron chi connectivity index (χ3n) is 5.02. The Kier molecular flexibility index (Phi) is 14.8. The van der Waals surface area contributed by atoms with Gasteiger partial charge in [0, 0.05) is 11.8 Å². The van der Waals surface area contributed by atoms with Crippen LogP contribution in [-0.4, -0.2) is 5.78 Å². The van der Waals surface area contributed by atoms with E-state index in [2.05, 4.69) is 13.8 Å². The second kappa shape index (κ2) is 15.0. The highest BCUT2D eigenvalue weighted by Gasteiger charge is 2.19. The maximum atomic E-state index is 11.8. The number of Topliss-reactive ketones (excluding diaryl/α,β-unsaturated/α-hetero) is 1. The second-order valence-electron chi connectivity index (χ2n) is 9.20. The van der Waals surface area contributed by atoms with Crippen LogP contribution in [0.4, 0.5) is 0 Å². The first kappa shape index (κ1) is 23.7. The van der Waals surface area contributed by atoms with Crippen LogP contribution in [0, 0.1) is 11.3 Å². The van der Waals surface area contributed by atoms with E-state index in [1.165, 1.54) is 83.5 Å². The first-order chi connectivity index (χ1) is 11.3. The van der Waals surface area contributed by atoms with Gasteiger partial charge in [0.2, 0.25) is 0 Å². The van der Waals surface area contributed by atoms with Gasteiger partial charge in [0.1, 0.15) is 5.78 Å². The largest absolute Gasteiger partial charge is 0.299 e.